The van der Waals surface area contributed by atoms with Gasteiger partial charge >= 0.3 is 5.97 Å². The van der Waals surface area contributed by atoms with Gasteiger partial charge in [-0.3, -0.25) is 9.59 Å². The molecule has 0 heterocycles. The second kappa shape index (κ2) is 4.40. The Morgan fingerprint density at radius 3 is 2.77 bits per heavy atom. The molecule has 1 aliphatic carbocycles. The largest absolute Gasteiger partial charge is 0.466 e. The Bertz CT molecular complexity index is 210. The van der Waals surface area contributed by atoms with Crippen LogP contribution in [0.25, 0.3) is 0 Å². The van der Waals surface area contributed by atoms with Gasteiger partial charge in [0.2, 0.25) is 0 Å². The molecule has 0 unspecified atom stereocenters. The third-order valence-electron chi connectivity index (χ3n) is 2.41. The first-order valence-electron chi connectivity index (χ1n) is 4.81. The fourth-order valence-corrected chi connectivity index (χ4v) is 1.83. The van der Waals surface area contributed by atoms with Gasteiger partial charge in [-0.05, 0) is 19.3 Å². The van der Waals surface area contributed by atoms with Crippen LogP contribution in [0.1, 0.15) is 33.1 Å². The van der Waals surface area contributed by atoms with Crippen LogP contribution in [-0.2, 0) is 14.3 Å². The van der Waals surface area contributed by atoms with Crippen molar-refractivity contribution >= 4 is 11.8 Å². The molecule has 2 atom stereocenters. The molecule has 0 aromatic carbocycles. The Morgan fingerprint density at radius 2 is 2.31 bits per heavy atom. The minimum absolute atomic E-state index is 0.0750. The van der Waals surface area contributed by atoms with Crippen molar-refractivity contribution < 1.29 is 14.3 Å². The van der Waals surface area contributed by atoms with E-state index in [1.54, 1.807) is 6.92 Å². The predicted octanol–water partition coefficient (Wildman–Crippen LogP) is 1.55. The normalized spacial score (nSPS) is 27.7. The fraction of sp³-hybridized carbons (Fsp3) is 0.800. The molecule has 0 spiro atoms. The maximum atomic E-state index is 11.3. The van der Waals surface area contributed by atoms with Crippen LogP contribution in [0.15, 0.2) is 0 Å². The molecular weight excluding hydrogens is 168 g/mol. The summed E-state index contributed by atoms with van der Waals surface area (Å²) >= 11 is 0. The third kappa shape index (κ3) is 2.83. The summed E-state index contributed by atoms with van der Waals surface area (Å²) in [7, 11) is 0. The zero-order chi connectivity index (χ0) is 9.84. The maximum absolute atomic E-state index is 11.3. The first-order valence-corrected chi connectivity index (χ1v) is 4.81. The highest BCUT2D eigenvalue weighted by Crippen LogP contribution is 2.29. The first-order chi connectivity index (χ1) is 6.13. The van der Waals surface area contributed by atoms with E-state index >= 15 is 0 Å². The molecule has 3 nitrogen and oxygen atoms in total. The molecule has 13 heavy (non-hydrogen) atoms. The van der Waals surface area contributed by atoms with E-state index in [0.717, 1.165) is 6.42 Å². The Kier molecular flexibility index (Phi) is 3.46. The van der Waals surface area contributed by atoms with Crippen LogP contribution < -0.4 is 0 Å². The highest BCUT2D eigenvalue weighted by Gasteiger charge is 2.31. The van der Waals surface area contributed by atoms with E-state index < -0.39 is 0 Å². The summed E-state index contributed by atoms with van der Waals surface area (Å²) in [6, 6.07) is 0. The number of hydrogen-bond acceptors (Lipinski definition) is 3. The van der Waals surface area contributed by atoms with Gasteiger partial charge in [0.25, 0.3) is 0 Å². The van der Waals surface area contributed by atoms with E-state index in [1.165, 1.54) is 0 Å². The topological polar surface area (TPSA) is 43.4 Å². The van der Waals surface area contributed by atoms with E-state index in [-0.39, 0.29) is 24.1 Å². The Morgan fingerprint density at radius 1 is 1.62 bits per heavy atom. The van der Waals surface area contributed by atoms with E-state index in [4.69, 9.17) is 4.74 Å². The second-order valence-electron chi connectivity index (χ2n) is 3.72. The molecule has 1 saturated carbocycles. The van der Waals surface area contributed by atoms with Gasteiger partial charge in [-0.2, -0.15) is 0 Å². The molecular formula is C10H16O3. The number of rotatable bonds is 3. The number of Topliss-reactive ketones (excluding diaryl/α,β-unsaturated/α-hetero) is 1. The lowest BCUT2D eigenvalue weighted by atomic mass is 10.0. The van der Waals surface area contributed by atoms with Crippen LogP contribution in [0.4, 0.5) is 0 Å². The minimum atomic E-state index is -0.241. The summed E-state index contributed by atoms with van der Waals surface area (Å²) < 4.78 is 4.80. The molecule has 0 radical (unpaired) electrons. The standard InChI is InChI=1S/C10H16O3/c1-3-13-10(12)6-8-4-7(2)5-9(8)11/h7-8H,3-6H2,1-2H3/t7-,8-/m0/s1. The minimum Gasteiger partial charge on any atom is -0.466 e. The summed E-state index contributed by atoms with van der Waals surface area (Å²) in [5.74, 6) is 0.344. The van der Waals surface area contributed by atoms with Gasteiger partial charge in [-0.1, -0.05) is 6.92 Å². The Balaban J connectivity index is 2.37. The molecule has 0 aromatic rings. The quantitative estimate of drug-likeness (QED) is 0.625. The molecule has 0 N–H and O–H groups in total. The van der Waals surface area contributed by atoms with Crippen LogP contribution in [0.3, 0.4) is 0 Å². The monoisotopic (exact) mass is 184 g/mol. The van der Waals surface area contributed by atoms with Crippen molar-refractivity contribution in [1.29, 1.82) is 0 Å². The van der Waals surface area contributed by atoms with Crippen molar-refractivity contribution in [2.24, 2.45) is 11.8 Å². The zero-order valence-corrected chi connectivity index (χ0v) is 8.21. The highest BCUT2D eigenvalue weighted by molar-refractivity contribution is 5.87. The number of esters is 1. The molecule has 0 bridgehead atoms. The maximum Gasteiger partial charge on any atom is 0.306 e. The molecule has 0 aromatic heterocycles. The number of ether oxygens (including phenoxy) is 1. The predicted molar refractivity (Wildman–Crippen MR) is 48.1 cm³/mol. The van der Waals surface area contributed by atoms with Gasteiger partial charge in [0.05, 0.1) is 13.0 Å². The summed E-state index contributed by atoms with van der Waals surface area (Å²) in [6.45, 7) is 4.22. The van der Waals surface area contributed by atoms with Crippen LogP contribution in [-0.4, -0.2) is 18.4 Å². The van der Waals surface area contributed by atoms with E-state index in [1.807, 2.05) is 6.92 Å². The van der Waals surface area contributed by atoms with Gasteiger partial charge in [0.15, 0.2) is 0 Å². The lowest BCUT2D eigenvalue weighted by molar-refractivity contribution is -0.145. The summed E-state index contributed by atoms with van der Waals surface area (Å²) in [5, 5.41) is 0. The molecule has 0 amide bonds. The summed E-state index contributed by atoms with van der Waals surface area (Å²) in [5.41, 5.74) is 0. The third-order valence-corrected chi connectivity index (χ3v) is 2.41. The van der Waals surface area contributed by atoms with Crippen molar-refractivity contribution in [2.75, 3.05) is 6.61 Å². The summed E-state index contributed by atoms with van der Waals surface area (Å²) in [6.07, 6.45) is 1.75. The van der Waals surface area contributed by atoms with E-state index in [0.29, 0.717) is 18.9 Å². The number of hydrogen-bond donors (Lipinski definition) is 0. The van der Waals surface area contributed by atoms with Crippen LogP contribution in [0.5, 0.6) is 0 Å². The second-order valence-corrected chi connectivity index (χ2v) is 3.72. The highest BCUT2D eigenvalue weighted by atomic mass is 16.5. The fourth-order valence-electron chi connectivity index (χ4n) is 1.83. The molecule has 74 valence electrons. The molecule has 1 fully saturated rings. The van der Waals surface area contributed by atoms with Crippen LogP contribution in [0, 0.1) is 11.8 Å². The molecule has 0 aliphatic heterocycles. The number of carbonyl (C=O) groups excluding carboxylic acids is 2. The molecule has 3 heteroatoms. The van der Waals surface area contributed by atoms with Gasteiger partial charge in [-0.15, -0.1) is 0 Å². The number of ketones is 1. The number of carbonyl (C=O) groups is 2. The first kappa shape index (κ1) is 10.2. The lowest BCUT2D eigenvalue weighted by Gasteiger charge is -2.06. The smallest absolute Gasteiger partial charge is 0.306 e. The van der Waals surface area contributed by atoms with Crippen molar-refractivity contribution in [2.45, 2.75) is 33.1 Å². The zero-order valence-electron chi connectivity index (χ0n) is 8.21. The average Bonchev–Trinajstić information content (AvgIpc) is 2.30. The van der Waals surface area contributed by atoms with Crippen LogP contribution in [0.2, 0.25) is 0 Å². The van der Waals surface area contributed by atoms with Crippen molar-refractivity contribution in [1.82, 2.24) is 0 Å². The SMILES string of the molecule is CCOC(=O)C[C@@H]1C[C@H](C)CC1=O. The van der Waals surface area contributed by atoms with Gasteiger partial charge < -0.3 is 4.74 Å². The van der Waals surface area contributed by atoms with Gasteiger partial charge in [0.1, 0.15) is 5.78 Å². The molecule has 1 rings (SSSR count). The molecule has 1 aliphatic rings. The van der Waals surface area contributed by atoms with Gasteiger partial charge in [-0.25, -0.2) is 0 Å². The van der Waals surface area contributed by atoms with Crippen molar-refractivity contribution in [3.63, 3.8) is 0 Å². The van der Waals surface area contributed by atoms with Crippen molar-refractivity contribution in [3.8, 4) is 0 Å². The Labute approximate surface area is 78.5 Å². The van der Waals surface area contributed by atoms with E-state index in [2.05, 4.69) is 0 Å². The lowest BCUT2D eigenvalue weighted by Crippen LogP contribution is -2.14. The van der Waals surface area contributed by atoms with Crippen LogP contribution >= 0.6 is 0 Å². The average molecular weight is 184 g/mol. The van der Waals surface area contributed by atoms with E-state index in [9.17, 15) is 9.59 Å². The summed E-state index contributed by atoms with van der Waals surface area (Å²) in [4.78, 5) is 22.4. The molecule has 0 saturated heterocycles. The Hall–Kier alpha value is -0.860. The van der Waals surface area contributed by atoms with Crippen molar-refractivity contribution in [3.05, 3.63) is 0 Å². The van der Waals surface area contributed by atoms with Gasteiger partial charge in [0, 0.05) is 12.3 Å².